The largest absolute Gasteiger partial charge is 0.504 e. The highest BCUT2D eigenvalue weighted by Crippen LogP contribution is 2.38. The summed E-state index contributed by atoms with van der Waals surface area (Å²) in [6.45, 7) is 2.90. The van der Waals surface area contributed by atoms with Crippen LogP contribution in [0.2, 0.25) is 0 Å². The highest BCUT2D eigenvalue weighted by molar-refractivity contribution is 9.10. The van der Waals surface area contributed by atoms with Gasteiger partial charge in [0.15, 0.2) is 11.5 Å². The molecular formula is C12H18BrNO2. The molecule has 0 unspecified atom stereocenters. The van der Waals surface area contributed by atoms with E-state index in [0.717, 1.165) is 35.0 Å². The third kappa shape index (κ3) is 2.68. The van der Waals surface area contributed by atoms with E-state index in [4.69, 9.17) is 4.74 Å². The van der Waals surface area contributed by atoms with E-state index in [9.17, 15) is 5.11 Å². The van der Waals surface area contributed by atoms with Crippen molar-refractivity contribution in [1.82, 2.24) is 5.32 Å². The molecule has 3 nitrogen and oxygen atoms in total. The number of halogens is 1. The second-order valence-electron chi connectivity index (χ2n) is 3.59. The minimum Gasteiger partial charge on any atom is -0.504 e. The summed E-state index contributed by atoms with van der Waals surface area (Å²) in [5.41, 5.74) is 2.06. The van der Waals surface area contributed by atoms with Gasteiger partial charge in [0.2, 0.25) is 0 Å². The number of hydrogen-bond donors (Lipinski definition) is 2. The Morgan fingerprint density at radius 3 is 2.69 bits per heavy atom. The van der Waals surface area contributed by atoms with Gasteiger partial charge in [-0.2, -0.15) is 0 Å². The molecule has 0 aliphatic carbocycles. The molecule has 0 heterocycles. The number of methoxy groups -OCH3 is 1. The number of phenolic OH excluding ortho intramolecular Hbond substituents is 1. The molecule has 4 heteroatoms. The normalized spacial score (nSPS) is 10.5. The lowest BCUT2D eigenvalue weighted by atomic mass is 10.0. The zero-order chi connectivity index (χ0) is 12.1. The maximum atomic E-state index is 10.0. The van der Waals surface area contributed by atoms with E-state index in [1.165, 1.54) is 0 Å². The number of phenols is 1. The smallest absolute Gasteiger partial charge is 0.162 e. The van der Waals surface area contributed by atoms with E-state index in [-0.39, 0.29) is 5.75 Å². The summed E-state index contributed by atoms with van der Waals surface area (Å²) >= 11 is 3.54. The van der Waals surface area contributed by atoms with Crippen molar-refractivity contribution in [2.45, 2.75) is 19.8 Å². The van der Waals surface area contributed by atoms with Crippen LogP contribution in [0.1, 0.15) is 18.1 Å². The molecule has 1 rings (SSSR count). The average Bonchev–Trinajstić information content (AvgIpc) is 2.29. The molecule has 0 saturated heterocycles. The van der Waals surface area contributed by atoms with Crippen LogP contribution < -0.4 is 10.1 Å². The number of nitrogens with one attached hydrogen (secondary N) is 1. The number of aryl methyl sites for hydroxylation is 1. The van der Waals surface area contributed by atoms with Crippen molar-refractivity contribution in [3.05, 3.63) is 21.7 Å². The van der Waals surface area contributed by atoms with Crippen molar-refractivity contribution in [3.8, 4) is 11.5 Å². The predicted octanol–water partition coefficient (Wildman–Crippen LogP) is 2.49. The molecule has 0 aromatic heterocycles. The highest BCUT2D eigenvalue weighted by Gasteiger charge is 2.15. The van der Waals surface area contributed by atoms with E-state index in [1.807, 2.05) is 13.1 Å². The molecule has 0 aliphatic rings. The first-order valence-corrected chi connectivity index (χ1v) is 6.16. The number of benzene rings is 1. The molecule has 0 amide bonds. The maximum Gasteiger partial charge on any atom is 0.162 e. The Morgan fingerprint density at radius 2 is 2.19 bits per heavy atom. The monoisotopic (exact) mass is 287 g/mol. The van der Waals surface area contributed by atoms with Crippen LogP contribution in [0, 0.1) is 0 Å². The molecule has 1 aromatic rings. The van der Waals surface area contributed by atoms with Gasteiger partial charge in [-0.05, 0) is 38.1 Å². The van der Waals surface area contributed by atoms with Crippen LogP contribution in [0.4, 0.5) is 0 Å². The number of ether oxygens (including phenoxy) is 1. The van der Waals surface area contributed by atoms with Gasteiger partial charge in [0.1, 0.15) is 0 Å². The van der Waals surface area contributed by atoms with Crippen LogP contribution in [-0.4, -0.2) is 25.8 Å². The van der Waals surface area contributed by atoms with Crippen molar-refractivity contribution < 1.29 is 9.84 Å². The second kappa shape index (κ2) is 6.11. The third-order valence-electron chi connectivity index (χ3n) is 2.60. The summed E-state index contributed by atoms with van der Waals surface area (Å²) in [5.74, 6) is 0.785. The van der Waals surface area contributed by atoms with Gasteiger partial charge < -0.3 is 15.2 Å². The first kappa shape index (κ1) is 13.3. The van der Waals surface area contributed by atoms with Gasteiger partial charge in [0.25, 0.3) is 0 Å². The molecule has 90 valence electrons. The fourth-order valence-corrected chi connectivity index (χ4v) is 2.41. The number of hydrogen-bond acceptors (Lipinski definition) is 3. The summed E-state index contributed by atoms with van der Waals surface area (Å²) in [7, 11) is 3.47. The molecular weight excluding hydrogens is 270 g/mol. The summed E-state index contributed by atoms with van der Waals surface area (Å²) in [4.78, 5) is 0. The zero-order valence-electron chi connectivity index (χ0n) is 9.93. The van der Waals surface area contributed by atoms with Crippen LogP contribution in [0.25, 0.3) is 0 Å². The van der Waals surface area contributed by atoms with Gasteiger partial charge in [-0.3, -0.25) is 0 Å². The van der Waals surface area contributed by atoms with E-state index >= 15 is 0 Å². The van der Waals surface area contributed by atoms with Crippen molar-refractivity contribution in [2.24, 2.45) is 0 Å². The van der Waals surface area contributed by atoms with Crippen LogP contribution in [-0.2, 0) is 12.8 Å². The Hall–Kier alpha value is -0.740. The van der Waals surface area contributed by atoms with Crippen molar-refractivity contribution in [3.63, 3.8) is 0 Å². The van der Waals surface area contributed by atoms with Gasteiger partial charge in [-0.25, -0.2) is 0 Å². The molecule has 0 saturated carbocycles. The van der Waals surface area contributed by atoms with Gasteiger partial charge in [0, 0.05) is 10.0 Å². The van der Waals surface area contributed by atoms with Crippen molar-refractivity contribution in [1.29, 1.82) is 0 Å². The van der Waals surface area contributed by atoms with Gasteiger partial charge in [0.05, 0.1) is 7.11 Å². The van der Waals surface area contributed by atoms with Crippen molar-refractivity contribution >= 4 is 15.9 Å². The van der Waals surface area contributed by atoms with E-state index in [0.29, 0.717) is 5.75 Å². The fraction of sp³-hybridized carbons (Fsp3) is 0.500. The van der Waals surface area contributed by atoms with Crippen LogP contribution >= 0.6 is 15.9 Å². The number of likely N-dealkylation sites (N-methyl/N-ethyl adjacent to an activating group) is 1. The molecule has 0 fully saturated rings. The predicted molar refractivity (Wildman–Crippen MR) is 69.4 cm³/mol. The molecule has 0 atom stereocenters. The average molecular weight is 288 g/mol. The van der Waals surface area contributed by atoms with E-state index < -0.39 is 0 Å². The molecule has 0 radical (unpaired) electrons. The Balaban J connectivity index is 3.20. The molecule has 0 spiro atoms. The SMILES string of the molecule is CCc1cc(OC)c(O)c(CCNC)c1Br. The first-order valence-electron chi connectivity index (χ1n) is 5.37. The Labute approximate surface area is 105 Å². The Bertz CT molecular complexity index is 338. The van der Waals surface area contributed by atoms with Crippen LogP contribution in [0.3, 0.4) is 0 Å². The highest BCUT2D eigenvalue weighted by atomic mass is 79.9. The molecule has 16 heavy (non-hydrogen) atoms. The maximum absolute atomic E-state index is 10.0. The van der Waals surface area contributed by atoms with Gasteiger partial charge in [-0.1, -0.05) is 22.9 Å². The Kier molecular flexibility index (Phi) is 5.09. The summed E-state index contributed by atoms with van der Waals surface area (Å²) < 4.78 is 6.16. The first-order chi connectivity index (χ1) is 7.65. The minimum atomic E-state index is 0.238. The summed E-state index contributed by atoms with van der Waals surface area (Å²) in [6, 6.07) is 1.88. The third-order valence-corrected chi connectivity index (χ3v) is 3.59. The fourth-order valence-electron chi connectivity index (χ4n) is 1.63. The standard InChI is InChI=1S/C12H18BrNO2/c1-4-8-7-10(16-3)12(15)9(11(8)13)5-6-14-2/h7,14-15H,4-6H2,1-3H3. The van der Waals surface area contributed by atoms with Crippen LogP contribution in [0.15, 0.2) is 10.5 Å². The summed E-state index contributed by atoms with van der Waals surface area (Å²) in [6.07, 6.45) is 1.68. The van der Waals surface area contributed by atoms with Gasteiger partial charge in [-0.15, -0.1) is 0 Å². The topological polar surface area (TPSA) is 41.5 Å². The lowest BCUT2D eigenvalue weighted by molar-refractivity contribution is 0.369. The second-order valence-corrected chi connectivity index (χ2v) is 4.38. The molecule has 0 aliphatic heterocycles. The molecule has 0 bridgehead atoms. The zero-order valence-corrected chi connectivity index (χ0v) is 11.5. The molecule has 1 aromatic carbocycles. The summed E-state index contributed by atoms with van der Waals surface area (Å²) in [5, 5.41) is 13.1. The lowest BCUT2D eigenvalue weighted by Crippen LogP contribution is -2.11. The quantitative estimate of drug-likeness (QED) is 0.874. The number of rotatable bonds is 5. The molecule has 2 N–H and O–H groups in total. The van der Waals surface area contributed by atoms with Crippen molar-refractivity contribution in [2.75, 3.05) is 20.7 Å². The van der Waals surface area contributed by atoms with E-state index in [1.54, 1.807) is 7.11 Å². The van der Waals surface area contributed by atoms with Gasteiger partial charge >= 0.3 is 0 Å². The Morgan fingerprint density at radius 1 is 1.50 bits per heavy atom. The van der Waals surface area contributed by atoms with E-state index in [2.05, 4.69) is 28.2 Å². The van der Waals surface area contributed by atoms with Crippen LogP contribution in [0.5, 0.6) is 11.5 Å². The minimum absolute atomic E-state index is 0.238. The number of aromatic hydroxyl groups is 1. The lowest BCUT2D eigenvalue weighted by Gasteiger charge is -2.14.